The molecular weight excluding hydrogens is 198 g/mol. The van der Waals surface area contributed by atoms with Crippen LogP contribution in [-0.4, -0.2) is 24.3 Å². The van der Waals surface area contributed by atoms with Gasteiger partial charge in [-0.25, -0.2) is 0 Å². The molecule has 3 rings (SSSR count). The van der Waals surface area contributed by atoms with E-state index < -0.39 is 0 Å². The summed E-state index contributed by atoms with van der Waals surface area (Å²) in [7, 11) is 0. The van der Waals surface area contributed by atoms with Gasteiger partial charge >= 0.3 is 0 Å². The maximum Gasteiger partial charge on any atom is 0.0462 e. The number of aliphatic hydroxyl groups is 1. The van der Waals surface area contributed by atoms with Gasteiger partial charge in [0.05, 0.1) is 0 Å². The van der Waals surface area contributed by atoms with E-state index >= 15 is 0 Å². The highest BCUT2D eigenvalue weighted by Crippen LogP contribution is 2.44. The van der Waals surface area contributed by atoms with E-state index in [2.05, 4.69) is 5.32 Å². The average Bonchev–Trinajstić information content (AvgIpc) is 3.01. The van der Waals surface area contributed by atoms with Crippen LogP contribution in [0.15, 0.2) is 0 Å². The van der Waals surface area contributed by atoms with Crippen LogP contribution in [-0.2, 0) is 0 Å². The predicted molar refractivity (Wildman–Crippen MR) is 65.2 cm³/mol. The molecule has 0 amide bonds. The zero-order chi connectivity index (χ0) is 11.0. The van der Waals surface area contributed by atoms with E-state index in [0.29, 0.717) is 12.5 Å². The first-order valence-corrected chi connectivity index (χ1v) is 7.21. The Morgan fingerprint density at radius 1 is 1.00 bits per heavy atom. The molecule has 0 aromatic heterocycles. The van der Waals surface area contributed by atoms with Gasteiger partial charge in [-0.2, -0.15) is 0 Å². The maximum atomic E-state index is 9.31. The van der Waals surface area contributed by atoms with Crippen LogP contribution < -0.4 is 5.32 Å². The van der Waals surface area contributed by atoms with Gasteiger partial charge in [-0.1, -0.05) is 12.8 Å². The van der Waals surface area contributed by atoms with Gasteiger partial charge in [0.15, 0.2) is 0 Å². The summed E-state index contributed by atoms with van der Waals surface area (Å²) in [6, 6.07) is 0.818. The van der Waals surface area contributed by atoms with E-state index in [1.54, 1.807) is 0 Å². The zero-order valence-corrected chi connectivity index (χ0v) is 10.2. The van der Waals surface area contributed by atoms with Gasteiger partial charge in [0.25, 0.3) is 0 Å². The highest BCUT2D eigenvalue weighted by molar-refractivity contribution is 4.94. The molecule has 3 aliphatic carbocycles. The molecule has 0 saturated heterocycles. The second-order valence-electron chi connectivity index (χ2n) is 6.32. The SMILES string of the molecule is OCC1CCCC1CNC1CC2CCC1C2. The Morgan fingerprint density at radius 2 is 1.88 bits per heavy atom. The Bertz CT molecular complexity index is 237. The van der Waals surface area contributed by atoms with Crippen LogP contribution in [0.25, 0.3) is 0 Å². The van der Waals surface area contributed by atoms with Crippen LogP contribution in [0, 0.1) is 23.7 Å². The number of hydrogen-bond donors (Lipinski definition) is 2. The van der Waals surface area contributed by atoms with Crippen molar-refractivity contribution >= 4 is 0 Å². The second kappa shape index (κ2) is 4.66. The Morgan fingerprint density at radius 3 is 2.56 bits per heavy atom. The van der Waals surface area contributed by atoms with Gasteiger partial charge in [0, 0.05) is 12.6 Å². The highest BCUT2D eigenvalue weighted by atomic mass is 16.3. The van der Waals surface area contributed by atoms with Crippen molar-refractivity contribution in [2.24, 2.45) is 23.7 Å². The van der Waals surface area contributed by atoms with Gasteiger partial charge in [-0.3, -0.25) is 0 Å². The van der Waals surface area contributed by atoms with Gasteiger partial charge in [-0.05, 0) is 62.3 Å². The third-order valence-electron chi connectivity index (χ3n) is 5.43. The summed E-state index contributed by atoms with van der Waals surface area (Å²) >= 11 is 0. The molecule has 2 nitrogen and oxygen atoms in total. The van der Waals surface area contributed by atoms with Crippen molar-refractivity contribution in [3.8, 4) is 0 Å². The summed E-state index contributed by atoms with van der Waals surface area (Å²) < 4.78 is 0. The lowest BCUT2D eigenvalue weighted by atomic mass is 9.93. The van der Waals surface area contributed by atoms with Crippen LogP contribution in [0.5, 0.6) is 0 Å². The standard InChI is InChI=1S/C14H25NO/c16-9-13-3-1-2-12(13)8-15-14-7-10-4-5-11(14)6-10/h10-16H,1-9H2. The second-order valence-corrected chi connectivity index (χ2v) is 6.32. The van der Waals surface area contributed by atoms with Crippen LogP contribution in [0.3, 0.4) is 0 Å². The summed E-state index contributed by atoms with van der Waals surface area (Å²) in [5.74, 6) is 3.37. The predicted octanol–water partition coefficient (Wildman–Crippen LogP) is 2.17. The molecule has 0 aromatic carbocycles. The monoisotopic (exact) mass is 223 g/mol. The molecule has 16 heavy (non-hydrogen) atoms. The van der Waals surface area contributed by atoms with Gasteiger partial charge < -0.3 is 10.4 Å². The molecule has 2 N–H and O–H groups in total. The highest BCUT2D eigenvalue weighted by Gasteiger charge is 2.39. The number of fused-ring (bicyclic) bond motifs is 2. The first-order chi connectivity index (χ1) is 7.86. The average molecular weight is 223 g/mol. The van der Waals surface area contributed by atoms with Crippen molar-refractivity contribution in [1.29, 1.82) is 0 Å². The molecule has 3 fully saturated rings. The lowest BCUT2D eigenvalue weighted by Gasteiger charge is -2.26. The van der Waals surface area contributed by atoms with Crippen molar-refractivity contribution in [3.05, 3.63) is 0 Å². The number of rotatable bonds is 4. The molecule has 0 spiro atoms. The van der Waals surface area contributed by atoms with Crippen LogP contribution >= 0.6 is 0 Å². The minimum Gasteiger partial charge on any atom is -0.396 e. The molecule has 0 heterocycles. The maximum absolute atomic E-state index is 9.31. The first-order valence-electron chi connectivity index (χ1n) is 7.21. The molecule has 2 bridgehead atoms. The summed E-state index contributed by atoms with van der Waals surface area (Å²) in [6.45, 7) is 1.57. The third-order valence-corrected chi connectivity index (χ3v) is 5.43. The molecule has 5 atom stereocenters. The van der Waals surface area contributed by atoms with Crippen LogP contribution in [0.2, 0.25) is 0 Å². The lowest BCUT2D eigenvalue weighted by molar-refractivity contribution is 0.187. The molecule has 0 radical (unpaired) electrons. The zero-order valence-electron chi connectivity index (χ0n) is 10.2. The molecule has 0 aliphatic heterocycles. The van der Waals surface area contributed by atoms with Crippen molar-refractivity contribution in [2.45, 2.75) is 51.0 Å². The Hall–Kier alpha value is -0.0800. The van der Waals surface area contributed by atoms with E-state index in [-0.39, 0.29) is 0 Å². The van der Waals surface area contributed by atoms with Gasteiger partial charge in [0.1, 0.15) is 0 Å². The third kappa shape index (κ3) is 2.02. The Balaban J connectivity index is 1.46. The summed E-state index contributed by atoms with van der Waals surface area (Å²) in [5, 5.41) is 13.1. The van der Waals surface area contributed by atoms with E-state index in [9.17, 15) is 5.11 Å². The minimum atomic E-state index is 0.406. The topological polar surface area (TPSA) is 32.3 Å². The number of hydrogen-bond acceptors (Lipinski definition) is 2. The van der Waals surface area contributed by atoms with Crippen molar-refractivity contribution in [1.82, 2.24) is 5.32 Å². The normalized spacial score (nSPS) is 46.7. The fourth-order valence-corrected chi connectivity index (χ4v) is 4.42. The van der Waals surface area contributed by atoms with Crippen molar-refractivity contribution in [3.63, 3.8) is 0 Å². The van der Waals surface area contributed by atoms with E-state index in [1.807, 2.05) is 0 Å². The van der Waals surface area contributed by atoms with Crippen LogP contribution in [0.1, 0.15) is 44.9 Å². The molecule has 92 valence electrons. The van der Waals surface area contributed by atoms with Crippen LogP contribution in [0.4, 0.5) is 0 Å². The summed E-state index contributed by atoms with van der Waals surface area (Å²) in [4.78, 5) is 0. The van der Waals surface area contributed by atoms with E-state index in [4.69, 9.17) is 0 Å². The number of nitrogens with one attached hydrogen (secondary N) is 1. The molecular formula is C14H25NO. The van der Waals surface area contributed by atoms with Crippen molar-refractivity contribution in [2.75, 3.05) is 13.2 Å². The molecule has 0 aromatic rings. The van der Waals surface area contributed by atoms with E-state index in [1.165, 1.54) is 51.5 Å². The lowest BCUT2D eigenvalue weighted by Crippen LogP contribution is -2.38. The fourth-order valence-electron chi connectivity index (χ4n) is 4.42. The Kier molecular flexibility index (Phi) is 3.21. The minimum absolute atomic E-state index is 0.406. The summed E-state index contributed by atoms with van der Waals surface area (Å²) in [5.41, 5.74) is 0. The molecule has 2 heteroatoms. The molecule has 5 unspecified atom stereocenters. The number of aliphatic hydroxyl groups excluding tert-OH is 1. The first kappa shape index (κ1) is 11.0. The van der Waals surface area contributed by atoms with E-state index in [0.717, 1.165) is 23.8 Å². The van der Waals surface area contributed by atoms with Crippen molar-refractivity contribution < 1.29 is 5.11 Å². The Labute approximate surface area is 98.8 Å². The summed E-state index contributed by atoms with van der Waals surface area (Å²) in [6.07, 6.45) is 9.79. The largest absolute Gasteiger partial charge is 0.396 e. The fraction of sp³-hybridized carbons (Fsp3) is 1.00. The van der Waals surface area contributed by atoms with Gasteiger partial charge in [-0.15, -0.1) is 0 Å². The molecule has 3 saturated carbocycles. The molecule has 3 aliphatic rings. The van der Waals surface area contributed by atoms with Gasteiger partial charge in [0.2, 0.25) is 0 Å². The quantitative estimate of drug-likeness (QED) is 0.765. The smallest absolute Gasteiger partial charge is 0.0462 e.